The third kappa shape index (κ3) is 3.19. The van der Waals surface area contributed by atoms with Crippen LogP contribution in [0.15, 0.2) is 29.6 Å². The second-order valence-electron chi connectivity index (χ2n) is 4.93. The van der Waals surface area contributed by atoms with E-state index in [1.807, 2.05) is 12.1 Å². The summed E-state index contributed by atoms with van der Waals surface area (Å²) in [4.78, 5) is 3.42. The third-order valence-corrected chi connectivity index (χ3v) is 4.27. The van der Waals surface area contributed by atoms with E-state index in [9.17, 15) is 9.50 Å². The van der Waals surface area contributed by atoms with E-state index in [1.165, 1.54) is 10.9 Å². The summed E-state index contributed by atoms with van der Waals surface area (Å²) in [6, 6.07) is 7.39. The molecule has 1 aromatic heterocycles. The Morgan fingerprint density at radius 3 is 2.70 bits per heavy atom. The predicted molar refractivity (Wildman–Crippen MR) is 82.8 cm³/mol. The second-order valence-corrected chi connectivity index (χ2v) is 5.96. The highest BCUT2D eigenvalue weighted by atomic mass is 32.1. The van der Waals surface area contributed by atoms with Gasteiger partial charge in [0.1, 0.15) is 5.82 Å². The van der Waals surface area contributed by atoms with Crippen LogP contribution in [0.3, 0.4) is 0 Å². The van der Waals surface area contributed by atoms with Gasteiger partial charge in [0.05, 0.1) is 12.6 Å². The summed E-state index contributed by atoms with van der Waals surface area (Å²) in [5, 5.41) is 11.9. The van der Waals surface area contributed by atoms with Crippen molar-refractivity contribution in [2.75, 3.05) is 11.4 Å². The van der Waals surface area contributed by atoms with Crippen LogP contribution in [0.25, 0.3) is 0 Å². The molecule has 20 heavy (non-hydrogen) atoms. The first-order chi connectivity index (χ1) is 9.52. The van der Waals surface area contributed by atoms with Crippen molar-refractivity contribution >= 4 is 17.0 Å². The SMILES string of the molecule is CCN(Cc1cccs1)c1cc(C)c(F)cc1[C@H](C)O. The largest absolute Gasteiger partial charge is 0.389 e. The molecule has 2 aromatic rings. The number of aliphatic hydroxyl groups is 1. The van der Waals surface area contributed by atoms with Crippen LogP contribution in [0.4, 0.5) is 10.1 Å². The smallest absolute Gasteiger partial charge is 0.126 e. The molecule has 1 atom stereocenters. The molecule has 0 fully saturated rings. The van der Waals surface area contributed by atoms with E-state index in [4.69, 9.17) is 0 Å². The van der Waals surface area contributed by atoms with Gasteiger partial charge >= 0.3 is 0 Å². The van der Waals surface area contributed by atoms with Gasteiger partial charge in [-0.25, -0.2) is 4.39 Å². The number of rotatable bonds is 5. The molecule has 0 bridgehead atoms. The monoisotopic (exact) mass is 293 g/mol. The summed E-state index contributed by atoms with van der Waals surface area (Å²) in [7, 11) is 0. The van der Waals surface area contributed by atoms with Gasteiger partial charge in [-0.05, 0) is 49.9 Å². The Morgan fingerprint density at radius 2 is 2.15 bits per heavy atom. The topological polar surface area (TPSA) is 23.5 Å². The van der Waals surface area contributed by atoms with Crippen LogP contribution in [0, 0.1) is 12.7 Å². The molecule has 0 saturated heterocycles. The van der Waals surface area contributed by atoms with Gasteiger partial charge < -0.3 is 10.0 Å². The fraction of sp³-hybridized carbons (Fsp3) is 0.375. The highest BCUT2D eigenvalue weighted by Gasteiger charge is 2.16. The minimum absolute atomic E-state index is 0.267. The number of nitrogens with zero attached hydrogens (tertiary/aromatic N) is 1. The van der Waals surface area contributed by atoms with E-state index in [0.29, 0.717) is 11.1 Å². The van der Waals surface area contributed by atoms with Crippen molar-refractivity contribution in [3.63, 3.8) is 0 Å². The molecular formula is C16H20FNOS. The third-order valence-electron chi connectivity index (χ3n) is 3.41. The molecular weight excluding hydrogens is 273 g/mol. The lowest BCUT2D eigenvalue weighted by atomic mass is 10.0. The number of aliphatic hydroxyl groups excluding tert-OH is 1. The molecule has 2 rings (SSSR count). The van der Waals surface area contributed by atoms with Crippen molar-refractivity contribution in [3.05, 3.63) is 51.5 Å². The molecule has 108 valence electrons. The number of thiophene rings is 1. The number of benzene rings is 1. The van der Waals surface area contributed by atoms with Crippen molar-refractivity contribution in [3.8, 4) is 0 Å². The highest BCUT2D eigenvalue weighted by molar-refractivity contribution is 7.09. The fourth-order valence-electron chi connectivity index (χ4n) is 2.25. The van der Waals surface area contributed by atoms with E-state index in [1.54, 1.807) is 25.2 Å². The molecule has 0 aliphatic heterocycles. The van der Waals surface area contributed by atoms with E-state index in [-0.39, 0.29) is 5.82 Å². The molecule has 0 unspecified atom stereocenters. The Balaban J connectivity index is 2.39. The van der Waals surface area contributed by atoms with Gasteiger partial charge in [0.2, 0.25) is 0 Å². The second kappa shape index (κ2) is 6.37. The normalized spacial score (nSPS) is 12.4. The van der Waals surface area contributed by atoms with Crippen LogP contribution < -0.4 is 4.90 Å². The van der Waals surface area contributed by atoms with E-state index in [2.05, 4.69) is 23.3 Å². The lowest BCUT2D eigenvalue weighted by Crippen LogP contribution is -2.23. The Hall–Kier alpha value is -1.39. The van der Waals surface area contributed by atoms with Gasteiger partial charge in [0, 0.05) is 22.7 Å². The number of halogens is 1. The number of aryl methyl sites for hydroxylation is 1. The van der Waals surface area contributed by atoms with Crippen molar-refractivity contribution in [1.29, 1.82) is 0 Å². The summed E-state index contributed by atoms with van der Waals surface area (Å²) in [6.45, 7) is 7.08. The summed E-state index contributed by atoms with van der Waals surface area (Å²) in [6.07, 6.45) is -0.683. The zero-order valence-electron chi connectivity index (χ0n) is 12.1. The fourth-order valence-corrected chi connectivity index (χ4v) is 2.97. The van der Waals surface area contributed by atoms with Gasteiger partial charge in [0.25, 0.3) is 0 Å². The molecule has 1 N–H and O–H groups in total. The van der Waals surface area contributed by atoms with Crippen LogP contribution in [-0.4, -0.2) is 11.7 Å². The molecule has 1 aromatic carbocycles. The molecule has 4 heteroatoms. The first-order valence-corrected chi connectivity index (χ1v) is 7.66. The Kier molecular flexibility index (Phi) is 4.78. The Morgan fingerprint density at radius 1 is 1.40 bits per heavy atom. The van der Waals surface area contributed by atoms with Crippen LogP contribution in [0.1, 0.15) is 36.0 Å². The maximum Gasteiger partial charge on any atom is 0.126 e. The van der Waals surface area contributed by atoms with E-state index >= 15 is 0 Å². The minimum Gasteiger partial charge on any atom is -0.389 e. The summed E-state index contributed by atoms with van der Waals surface area (Å²) < 4.78 is 13.7. The number of hydrogen-bond donors (Lipinski definition) is 1. The van der Waals surface area contributed by atoms with Crippen molar-refractivity contribution in [1.82, 2.24) is 0 Å². The number of hydrogen-bond acceptors (Lipinski definition) is 3. The summed E-state index contributed by atoms with van der Waals surface area (Å²) in [5.41, 5.74) is 2.16. The summed E-state index contributed by atoms with van der Waals surface area (Å²) in [5.74, 6) is -0.267. The minimum atomic E-state index is -0.683. The van der Waals surface area contributed by atoms with Crippen molar-refractivity contribution in [2.45, 2.75) is 33.4 Å². The first-order valence-electron chi connectivity index (χ1n) is 6.78. The van der Waals surface area contributed by atoms with E-state index in [0.717, 1.165) is 18.8 Å². The van der Waals surface area contributed by atoms with Gasteiger partial charge in [0.15, 0.2) is 0 Å². The van der Waals surface area contributed by atoms with Crippen LogP contribution >= 0.6 is 11.3 Å². The maximum atomic E-state index is 13.7. The quantitative estimate of drug-likeness (QED) is 0.889. The molecule has 0 aliphatic carbocycles. The van der Waals surface area contributed by atoms with Crippen molar-refractivity contribution < 1.29 is 9.50 Å². The Bertz CT molecular complexity index is 566. The van der Waals surface area contributed by atoms with Crippen LogP contribution in [0.2, 0.25) is 0 Å². The predicted octanol–water partition coefficient (Wildman–Crippen LogP) is 4.28. The maximum absolute atomic E-state index is 13.7. The lowest BCUT2D eigenvalue weighted by molar-refractivity contribution is 0.199. The highest BCUT2D eigenvalue weighted by Crippen LogP contribution is 2.30. The molecule has 1 heterocycles. The van der Waals surface area contributed by atoms with Crippen molar-refractivity contribution in [2.24, 2.45) is 0 Å². The molecule has 0 aliphatic rings. The Labute approximate surface area is 123 Å². The number of anilines is 1. The summed E-state index contributed by atoms with van der Waals surface area (Å²) >= 11 is 1.70. The average Bonchev–Trinajstić information content (AvgIpc) is 2.91. The standard InChI is InChI=1S/C16H20FNOS/c1-4-18(10-13-6-5-7-20-13)16-8-11(2)15(17)9-14(16)12(3)19/h5-9,12,19H,4,10H2,1-3H3/t12-/m0/s1. The van der Waals surface area contributed by atoms with Gasteiger partial charge in [-0.1, -0.05) is 6.07 Å². The molecule has 0 spiro atoms. The molecule has 2 nitrogen and oxygen atoms in total. The lowest BCUT2D eigenvalue weighted by Gasteiger charge is -2.27. The van der Waals surface area contributed by atoms with Crippen LogP contribution in [-0.2, 0) is 6.54 Å². The van der Waals surface area contributed by atoms with Gasteiger partial charge in [-0.2, -0.15) is 0 Å². The average molecular weight is 293 g/mol. The first kappa shape index (κ1) is 15.0. The van der Waals surface area contributed by atoms with Gasteiger partial charge in [-0.3, -0.25) is 0 Å². The zero-order chi connectivity index (χ0) is 14.7. The molecule has 0 saturated carbocycles. The molecule has 0 amide bonds. The molecule has 0 radical (unpaired) electrons. The van der Waals surface area contributed by atoms with Crippen LogP contribution in [0.5, 0.6) is 0 Å². The van der Waals surface area contributed by atoms with E-state index < -0.39 is 6.10 Å². The van der Waals surface area contributed by atoms with Gasteiger partial charge in [-0.15, -0.1) is 11.3 Å². The zero-order valence-corrected chi connectivity index (χ0v) is 12.9.